The number of carboxylic acids is 1. The molecular formula is C7H12N2O5S. The molecule has 0 bridgehead atoms. The highest BCUT2D eigenvalue weighted by molar-refractivity contribution is 7.90. The van der Waals surface area contributed by atoms with Crippen LogP contribution >= 0.6 is 0 Å². The van der Waals surface area contributed by atoms with E-state index in [-0.39, 0.29) is 6.42 Å². The number of nitriles is 1. The van der Waals surface area contributed by atoms with Gasteiger partial charge in [0.2, 0.25) is 10.0 Å². The monoisotopic (exact) mass is 236 g/mol. The van der Waals surface area contributed by atoms with Crippen molar-refractivity contribution in [2.24, 2.45) is 0 Å². The molecular weight excluding hydrogens is 224 g/mol. The number of aliphatic hydroxyl groups excluding tert-OH is 1. The Labute approximate surface area is 87.4 Å². The van der Waals surface area contributed by atoms with Gasteiger partial charge in [-0.25, -0.2) is 8.42 Å². The number of sulfonamides is 1. The quantitative estimate of drug-likeness (QED) is 0.523. The van der Waals surface area contributed by atoms with Crippen molar-refractivity contribution < 1.29 is 23.4 Å². The van der Waals surface area contributed by atoms with E-state index in [1.54, 1.807) is 4.72 Å². The summed E-state index contributed by atoms with van der Waals surface area (Å²) in [5, 5.41) is 24.3. The summed E-state index contributed by atoms with van der Waals surface area (Å²) in [6.07, 6.45) is 0.0452. The Morgan fingerprint density at radius 3 is 2.40 bits per heavy atom. The third kappa shape index (κ3) is 3.83. The zero-order valence-corrected chi connectivity index (χ0v) is 8.86. The van der Waals surface area contributed by atoms with E-state index < -0.39 is 33.9 Å². The molecule has 0 radical (unpaired) electrons. The van der Waals surface area contributed by atoms with Gasteiger partial charge in [-0.05, 0) is 6.42 Å². The molecule has 0 rings (SSSR count). The van der Waals surface area contributed by atoms with Crippen molar-refractivity contribution in [1.29, 1.82) is 5.26 Å². The molecule has 0 aliphatic rings. The number of carboxylic acid groups (broad SMARTS) is 1. The Hall–Kier alpha value is -1.17. The Balaban J connectivity index is 4.78. The first-order valence-electron chi connectivity index (χ1n) is 4.13. The van der Waals surface area contributed by atoms with E-state index >= 15 is 0 Å². The van der Waals surface area contributed by atoms with Crippen molar-refractivity contribution in [2.75, 3.05) is 6.61 Å². The second-order valence-electron chi connectivity index (χ2n) is 2.76. The van der Waals surface area contributed by atoms with Crippen LogP contribution in [0.4, 0.5) is 0 Å². The number of aliphatic carboxylic acids is 1. The topological polar surface area (TPSA) is 127 Å². The molecule has 0 aliphatic heterocycles. The van der Waals surface area contributed by atoms with Crippen molar-refractivity contribution in [2.45, 2.75) is 24.6 Å². The first kappa shape index (κ1) is 13.8. The smallest absolute Gasteiger partial charge is 0.324 e. The minimum atomic E-state index is -4.03. The first-order valence-corrected chi connectivity index (χ1v) is 5.68. The van der Waals surface area contributed by atoms with Crippen LogP contribution in [0.2, 0.25) is 0 Å². The van der Waals surface area contributed by atoms with Crippen molar-refractivity contribution in [3.8, 4) is 6.07 Å². The lowest BCUT2D eigenvalue weighted by molar-refractivity contribution is -0.139. The van der Waals surface area contributed by atoms with E-state index in [9.17, 15) is 13.2 Å². The maximum absolute atomic E-state index is 11.4. The van der Waals surface area contributed by atoms with E-state index in [4.69, 9.17) is 15.5 Å². The number of rotatable bonds is 6. The Morgan fingerprint density at radius 1 is 1.60 bits per heavy atom. The molecule has 0 heterocycles. The summed E-state index contributed by atoms with van der Waals surface area (Å²) in [6, 6.07) is -0.0782. The fraction of sp³-hybridized carbons (Fsp3) is 0.714. The third-order valence-electron chi connectivity index (χ3n) is 1.68. The van der Waals surface area contributed by atoms with Crippen molar-refractivity contribution in [3.63, 3.8) is 0 Å². The number of hydrogen-bond acceptors (Lipinski definition) is 5. The van der Waals surface area contributed by atoms with Crippen LogP contribution in [0.3, 0.4) is 0 Å². The predicted molar refractivity (Wildman–Crippen MR) is 50.3 cm³/mol. The second-order valence-corrected chi connectivity index (χ2v) is 4.66. The summed E-state index contributed by atoms with van der Waals surface area (Å²) in [7, 11) is -4.03. The molecule has 15 heavy (non-hydrogen) atoms. The highest BCUT2D eigenvalue weighted by Gasteiger charge is 2.29. The largest absolute Gasteiger partial charge is 0.480 e. The van der Waals surface area contributed by atoms with Gasteiger partial charge >= 0.3 is 5.97 Å². The minimum Gasteiger partial charge on any atom is -0.480 e. The number of nitrogens with zero attached hydrogens (tertiary/aromatic N) is 1. The zero-order chi connectivity index (χ0) is 12.1. The maximum atomic E-state index is 11.4. The SMILES string of the molecule is CCC(C#N)S(=O)(=O)N[C@@H](CO)C(=O)O. The van der Waals surface area contributed by atoms with Crippen molar-refractivity contribution in [1.82, 2.24) is 4.72 Å². The van der Waals surface area contributed by atoms with Gasteiger partial charge in [0.1, 0.15) is 6.04 Å². The lowest BCUT2D eigenvalue weighted by atomic mass is 10.3. The van der Waals surface area contributed by atoms with E-state index in [1.165, 1.54) is 13.0 Å². The summed E-state index contributed by atoms with van der Waals surface area (Å²) in [6.45, 7) is 0.623. The van der Waals surface area contributed by atoms with Crippen LogP contribution in [-0.2, 0) is 14.8 Å². The number of aliphatic hydroxyl groups is 1. The molecule has 3 N–H and O–H groups in total. The van der Waals surface area contributed by atoms with Crippen LogP contribution in [0, 0.1) is 11.3 Å². The minimum absolute atomic E-state index is 0.0452. The van der Waals surface area contributed by atoms with Gasteiger partial charge in [0.05, 0.1) is 12.7 Å². The Bertz CT molecular complexity index is 358. The molecule has 0 aromatic heterocycles. The van der Waals surface area contributed by atoms with Crippen LogP contribution in [0.1, 0.15) is 13.3 Å². The fourth-order valence-electron chi connectivity index (χ4n) is 0.826. The van der Waals surface area contributed by atoms with Crippen LogP contribution in [0.25, 0.3) is 0 Å². The van der Waals surface area contributed by atoms with Gasteiger partial charge in [-0.15, -0.1) is 0 Å². The predicted octanol–water partition coefficient (Wildman–Crippen LogP) is -1.35. The van der Waals surface area contributed by atoms with Gasteiger partial charge in [-0.1, -0.05) is 6.92 Å². The lowest BCUT2D eigenvalue weighted by Crippen LogP contribution is -2.46. The molecule has 86 valence electrons. The van der Waals surface area contributed by atoms with Crippen LogP contribution < -0.4 is 4.72 Å². The highest BCUT2D eigenvalue weighted by atomic mass is 32.2. The molecule has 0 aromatic rings. The van der Waals surface area contributed by atoms with Gasteiger partial charge in [-0.3, -0.25) is 4.79 Å². The Kier molecular flexibility index (Phi) is 5.21. The van der Waals surface area contributed by atoms with E-state index in [1.807, 2.05) is 0 Å². The van der Waals surface area contributed by atoms with Crippen molar-refractivity contribution in [3.05, 3.63) is 0 Å². The van der Waals surface area contributed by atoms with E-state index in [0.29, 0.717) is 0 Å². The van der Waals surface area contributed by atoms with Gasteiger partial charge < -0.3 is 10.2 Å². The lowest BCUT2D eigenvalue weighted by Gasteiger charge is -2.14. The average Bonchev–Trinajstić information content (AvgIpc) is 2.15. The molecule has 0 amide bonds. The van der Waals surface area contributed by atoms with Crippen LogP contribution in [-0.4, -0.2) is 42.5 Å². The summed E-state index contributed by atoms with van der Waals surface area (Å²) in [4.78, 5) is 10.4. The number of nitrogens with one attached hydrogen (secondary N) is 1. The molecule has 7 nitrogen and oxygen atoms in total. The summed E-state index contributed by atoms with van der Waals surface area (Å²) in [5.74, 6) is -1.49. The highest BCUT2D eigenvalue weighted by Crippen LogP contribution is 2.03. The molecule has 2 atom stereocenters. The molecule has 0 spiro atoms. The van der Waals surface area contributed by atoms with Crippen LogP contribution in [0.5, 0.6) is 0 Å². The van der Waals surface area contributed by atoms with Gasteiger partial charge in [0, 0.05) is 0 Å². The fourth-order valence-corrected chi connectivity index (χ4v) is 2.14. The first-order chi connectivity index (χ1) is 6.88. The molecule has 0 saturated heterocycles. The third-order valence-corrected chi connectivity index (χ3v) is 3.48. The molecule has 0 saturated carbocycles. The zero-order valence-electron chi connectivity index (χ0n) is 8.04. The van der Waals surface area contributed by atoms with Gasteiger partial charge in [0.25, 0.3) is 0 Å². The average molecular weight is 236 g/mol. The summed E-state index contributed by atoms with van der Waals surface area (Å²) < 4.78 is 24.5. The van der Waals surface area contributed by atoms with Crippen molar-refractivity contribution >= 4 is 16.0 Å². The molecule has 8 heteroatoms. The van der Waals surface area contributed by atoms with E-state index in [0.717, 1.165) is 0 Å². The standard InChI is InChI=1S/C7H12N2O5S/c1-2-5(3-8)15(13,14)9-6(4-10)7(11)12/h5-6,9-10H,2,4H2,1H3,(H,11,12)/t5?,6-/m0/s1. The summed E-state index contributed by atoms with van der Waals surface area (Å²) in [5.41, 5.74) is 0. The van der Waals surface area contributed by atoms with E-state index in [2.05, 4.69) is 0 Å². The number of carbonyl (C=O) groups is 1. The number of hydrogen-bond donors (Lipinski definition) is 3. The molecule has 0 aromatic carbocycles. The summed E-state index contributed by atoms with van der Waals surface area (Å²) >= 11 is 0. The normalized spacial score (nSPS) is 15.3. The van der Waals surface area contributed by atoms with Gasteiger partial charge in [0.15, 0.2) is 5.25 Å². The second kappa shape index (κ2) is 5.65. The molecule has 0 fully saturated rings. The molecule has 1 unspecified atom stereocenters. The Morgan fingerprint density at radius 2 is 2.13 bits per heavy atom. The molecule has 0 aliphatic carbocycles. The maximum Gasteiger partial charge on any atom is 0.324 e. The van der Waals surface area contributed by atoms with Gasteiger partial charge in [-0.2, -0.15) is 9.98 Å². The van der Waals surface area contributed by atoms with Crippen LogP contribution in [0.15, 0.2) is 0 Å².